The fourth-order valence-electron chi connectivity index (χ4n) is 1.70. The second kappa shape index (κ2) is 3.87. The molecule has 78 valence electrons. The highest BCUT2D eigenvalue weighted by Crippen LogP contribution is 2.25. The molecule has 0 aliphatic rings. The molecule has 0 radical (unpaired) electrons. The van der Waals surface area contributed by atoms with Gasteiger partial charge in [0.15, 0.2) is 10.6 Å². The van der Waals surface area contributed by atoms with E-state index in [2.05, 4.69) is 4.98 Å². The van der Waals surface area contributed by atoms with Crippen molar-refractivity contribution in [1.29, 1.82) is 0 Å². The number of halogens is 2. The van der Waals surface area contributed by atoms with Gasteiger partial charge in [-0.15, -0.1) is 0 Å². The Bertz CT molecular complexity index is 516. The number of aryl methyl sites for hydroxylation is 1. The van der Waals surface area contributed by atoms with Crippen molar-refractivity contribution in [2.24, 2.45) is 0 Å². The number of carbonyl (C=O) groups is 1. The van der Waals surface area contributed by atoms with E-state index < -0.39 is 4.84 Å². The van der Waals surface area contributed by atoms with Gasteiger partial charge < -0.3 is 4.98 Å². The maximum Gasteiger partial charge on any atom is 0.198 e. The monoisotopic (exact) mass is 241 g/mol. The van der Waals surface area contributed by atoms with Crippen LogP contribution in [0.5, 0.6) is 0 Å². The minimum absolute atomic E-state index is 0.256. The first-order valence-electron chi connectivity index (χ1n) is 4.51. The third kappa shape index (κ3) is 1.75. The van der Waals surface area contributed by atoms with E-state index in [1.165, 1.54) is 0 Å². The molecular weight excluding hydrogens is 233 g/mol. The van der Waals surface area contributed by atoms with Crippen molar-refractivity contribution >= 4 is 39.9 Å². The number of carbonyl (C=O) groups excluding carboxylic acids is 1. The molecule has 0 amide bonds. The number of H-pyrrole nitrogens is 1. The van der Waals surface area contributed by atoms with Crippen LogP contribution in [0.15, 0.2) is 24.3 Å². The number of aromatic amines is 1. The SMILES string of the molecule is Cc1[nH]c2ccccc2c1C(=O)C(Cl)Cl. The van der Waals surface area contributed by atoms with Gasteiger partial charge in [0.05, 0.1) is 0 Å². The third-order valence-corrected chi connectivity index (χ3v) is 2.73. The van der Waals surface area contributed by atoms with E-state index in [9.17, 15) is 4.79 Å². The average molecular weight is 242 g/mol. The molecule has 0 fully saturated rings. The Morgan fingerprint density at radius 2 is 2.00 bits per heavy atom. The summed E-state index contributed by atoms with van der Waals surface area (Å²) in [4.78, 5) is 13.9. The summed E-state index contributed by atoms with van der Waals surface area (Å²) < 4.78 is 0. The number of rotatable bonds is 2. The second-order valence-corrected chi connectivity index (χ2v) is 4.43. The van der Waals surface area contributed by atoms with Crippen LogP contribution in [-0.2, 0) is 0 Å². The number of hydrogen-bond acceptors (Lipinski definition) is 1. The molecule has 15 heavy (non-hydrogen) atoms. The van der Waals surface area contributed by atoms with Gasteiger partial charge in [0.2, 0.25) is 0 Å². The smallest absolute Gasteiger partial charge is 0.198 e. The summed E-state index contributed by atoms with van der Waals surface area (Å²) in [7, 11) is 0. The number of alkyl halides is 2. The predicted molar refractivity (Wildman–Crippen MR) is 62.9 cm³/mol. The minimum atomic E-state index is -1.01. The highest BCUT2D eigenvalue weighted by Gasteiger charge is 2.20. The lowest BCUT2D eigenvalue weighted by molar-refractivity contribution is 0.101. The fraction of sp³-hybridized carbons (Fsp3) is 0.182. The van der Waals surface area contributed by atoms with Crippen LogP contribution in [0.3, 0.4) is 0 Å². The van der Waals surface area contributed by atoms with Crippen LogP contribution in [0, 0.1) is 6.92 Å². The molecule has 0 saturated heterocycles. The fourth-order valence-corrected chi connectivity index (χ4v) is 1.92. The van der Waals surface area contributed by atoms with Crippen LogP contribution in [0.1, 0.15) is 16.1 Å². The van der Waals surface area contributed by atoms with Crippen molar-refractivity contribution in [3.63, 3.8) is 0 Å². The first kappa shape index (κ1) is 10.5. The van der Waals surface area contributed by atoms with Crippen molar-refractivity contribution < 1.29 is 4.79 Å². The van der Waals surface area contributed by atoms with Gasteiger partial charge >= 0.3 is 0 Å². The molecule has 1 aromatic carbocycles. The highest BCUT2D eigenvalue weighted by atomic mass is 35.5. The Balaban J connectivity index is 2.69. The number of hydrogen-bond donors (Lipinski definition) is 1. The molecule has 0 bridgehead atoms. The number of benzene rings is 1. The quantitative estimate of drug-likeness (QED) is 0.634. The van der Waals surface area contributed by atoms with E-state index >= 15 is 0 Å². The molecule has 2 rings (SSSR count). The van der Waals surface area contributed by atoms with Crippen LogP contribution in [0.25, 0.3) is 10.9 Å². The number of aromatic nitrogens is 1. The van der Waals surface area contributed by atoms with Crippen molar-refractivity contribution in [1.82, 2.24) is 4.98 Å². The number of para-hydroxylation sites is 1. The minimum Gasteiger partial charge on any atom is -0.358 e. The summed E-state index contributed by atoms with van der Waals surface area (Å²) in [6.07, 6.45) is 0. The van der Waals surface area contributed by atoms with E-state index in [1.807, 2.05) is 31.2 Å². The first-order valence-corrected chi connectivity index (χ1v) is 5.38. The predicted octanol–water partition coefficient (Wildman–Crippen LogP) is 3.46. The Morgan fingerprint density at radius 1 is 1.33 bits per heavy atom. The van der Waals surface area contributed by atoms with Crippen molar-refractivity contribution in [2.75, 3.05) is 0 Å². The summed E-state index contributed by atoms with van der Waals surface area (Å²) in [5.74, 6) is -0.256. The van der Waals surface area contributed by atoms with Crippen molar-refractivity contribution in [3.05, 3.63) is 35.5 Å². The summed E-state index contributed by atoms with van der Waals surface area (Å²) in [6, 6.07) is 7.58. The maximum atomic E-state index is 11.8. The molecule has 1 heterocycles. The Labute approximate surface area is 97.2 Å². The van der Waals surface area contributed by atoms with E-state index in [4.69, 9.17) is 23.2 Å². The molecule has 0 atom stereocenters. The molecular formula is C11H9Cl2NO. The molecule has 0 unspecified atom stereocenters. The number of ketones is 1. The van der Waals surface area contributed by atoms with Gasteiger partial charge in [-0.05, 0) is 13.0 Å². The largest absolute Gasteiger partial charge is 0.358 e. The molecule has 1 N–H and O–H groups in total. The molecule has 0 aliphatic heterocycles. The van der Waals surface area contributed by atoms with E-state index in [1.54, 1.807) is 0 Å². The molecule has 0 saturated carbocycles. The van der Waals surface area contributed by atoms with Gasteiger partial charge in [-0.2, -0.15) is 0 Å². The summed E-state index contributed by atoms with van der Waals surface area (Å²) >= 11 is 11.2. The normalized spacial score (nSPS) is 11.2. The van der Waals surface area contributed by atoms with Crippen LogP contribution >= 0.6 is 23.2 Å². The van der Waals surface area contributed by atoms with Gasteiger partial charge in [0, 0.05) is 22.2 Å². The lowest BCUT2D eigenvalue weighted by Crippen LogP contribution is -2.08. The molecule has 0 spiro atoms. The van der Waals surface area contributed by atoms with Gasteiger partial charge in [0.25, 0.3) is 0 Å². The van der Waals surface area contributed by atoms with Gasteiger partial charge in [0.1, 0.15) is 0 Å². The molecule has 2 aromatic rings. The molecule has 1 aromatic heterocycles. The zero-order valence-corrected chi connectivity index (χ0v) is 9.56. The topological polar surface area (TPSA) is 32.9 Å². The number of Topliss-reactive ketones (excluding diaryl/α,β-unsaturated/α-hetero) is 1. The van der Waals surface area contributed by atoms with E-state index in [-0.39, 0.29) is 5.78 Å². The van der Waals surface area contributed by atoms with Gasteiger partial charge in [-0.25, -0.2) is 0 Å². The number of nitrogens with one attached hydrogen (secondary N) is 1. The van der Waals surface area contributed by atoms with E-state index in [0.29, 0.717) is 5.56 Å². The Hall–Kier alpha value is -0.990. The zero-order chi connectivity index (χ0) is 11.0. The Kier molecular flexibility index (Phi) is 2.72. The lowest BCUT2D eigenvalue weighted by Gasteiger charge is -2.00. The van der Waals surface area contributed by atoms with Crippen LogP contribution < -0.4 is 0 Å². The lowest BCUT2D eigenvalue weighted by atomic mass is 10.1. The number of fused-ring (bicyclic) bond motifs is 1. The van der Waals surface area contributed by atoms with Crippen LogP contribution in [0.4, 0.5) is 0 Å². The zero-order valence-electron chi connectivity index (χ0n) is 8.05. The molecule has 4 heteroatoms. The molecule has 2 nitrogen and oxygen atoms in total. The van der Waals surface area contributed by atoms with E-state index in [0.717, 1.165) is 16.6 Å². The maximum absolute atomic E-state index is 11.8. The molecule has 0 aliphatic carbocycles. The summed E-state index contributed by atoms with van der Waals surface area (Å²) in [5, 5.41) is 0.867. The summed E-state index contributed by atoms with van der Waals surface area (Å²) in [5.41, 5.74) is 2.31. The second-order valence-electron chi connectivity index (χ2n) is 3.34. The Morgan fingerprint density at radius 3 is 2.67 bits per heavy atom. The highest BCUT2D eigenvalue weighted by molar-refractivity contribution is 6.56. The standard InChI is InChI=1S/C11H9Cl2NO/c1-6-9(10(15)11(12)13)7-4-2-3-5-8(7)14-6/h2-5,11,14H,1H3. The van der Waals surface area contributed by atoms with Crippen LogP contribution in [-0.4, -0.2) is 15.6 Å². The average Bonchev–Trinajstić information content (AvgIpc) is 2.52. The van der Waals surface area contributed by atoms with Crippen molar-refractivity contribution in [2.45, 2.75) is 11.8 Å². The van der Waals surface area contributed by atoms with Crippen LogP contribution in [0.2, 0.25) is 0 Å². The van der Waals surface area contributed by atoms with Gasteiger partial charge in [-0.1, -0.05) is 41.4 Å². The first-order chi connectivity index (χ1) is 7.11. The van der Waals surface area contributed by atoms with Gasteiger partial charge in [-0.3, -0.25) is 4.79 Å². The van der Waals surface area contributed by atoms with Crippen molar-refractivity contribution in [3.8, 4) is 0 Å². The summed E-state index contributed by atoms with van der Waals surface area (Å²) in [6.45, 7) is 1.84. The third-order valence-electron chi connectivity index (χ3n) is 2.34.